The molecule has 25 heavy (non-hydrogen) atoms. The number of rotatable bonds is 2. The van der Waals surface area contributed by atoms with E-state index >= 15 is 0 Å². The number of hydrogen-bond donors (Lipinski definition) is 0. The second kappa shape index (κ2) is 5.52. The molecule has 0 spiro atoms. The van der Waals surface area contributed by atoms with Gasteiger partial charge < -0.3 is 9.32 Å². The molecule has 0 aliphatic carbocycles. The SMILES string of the molecule is Cc1cccc(F)c1-c1cnc2nc(N3CCN4CC[C@@H]3C4)oc2c1. The van der Waals surface area contributed by atoms with Crippen LogP contribution in [-0.2, 0) is 0 Å². The fourth-order valence-corrected chi connectivity index (χ4v) is 4.02. The van der Waals surface area contributed by atoms with E-state index in [0.717, 1.165) is 43.7 Å². The highest BCUT2D eigenvalue weighted by molar-refractivity contribution is 5.78. The van der Waals surface area contributed by atoms with Gasteiger partial charge in [-0.15, -0.1) is 0 Å². The maximum absolute atomic E-state index is 14.2. The highest BCUT2D eigenvalue weighted by Gasteiger charge is 2.34. The van der Waals surface area contributed by atoms with Crippen molar-refractivity contribution < 1.29 is 8.81 Å². The smallest absolute Gasteiger partial charge is 0.300 e. The number of aryl methyl sites for hydroxylation is 1. The molecule has 2 bridgehead atoms. The molecular weight excluding hydrogens is 319 g/mol. The van der Waals surface area contributed by atoms with Crippen LogP contribution in [0.2, 0.25) is 0 Å². The number of oxazole rings is 1. The van der Waals surface area contributed by atoms with E-state index < -0.39 is 0 Å². The van der Waals surface area contributed by atoms with Gasteiger partial charge in [0.05, 0.1) is 0 Å². The quantitative estimate of drug-likeness (QED) is 0.718. The van der Waals surface area contributed by atoms with Crippen molar-refractivity contribution in [2.45, 2.75) is 19.4 Å². The molecule has 5 nitrogen and oxygen atoms in total. The molecule has 2 aliphatic heterocycles. The fraction of sp³-hybridized carbons (Fsp3) is 0.368. The van der Waals surface area contributed by atoms with Gasteiger partial charge in [-0.2, -0.15) is 4.98 Å². The summed E-state index contributed by atoms with van der Waals surface area (Å²) in [5.41, 5.74) is 3.35. The van der Waals surface area contributed by atoms with Crippen LogP contribution >= 0.6 is 0 Å². The summed E-state index contributed by atoms with van der Waals surface area (Å²) in [6, 6.07) is 8.03. The molecule has 2 aliphatic rings. The van der Waals surface area contributed by atoms with Gasteiger partial charge in [-0.3, -0.25) is 4.90 Å². The van der Waals surface area contributed by atoms with Crippen molar-refractivity contribution in [1.82, 2.24) is 14.9 Å². The standard InChI is InChI=1S/C19H19FN4O/c1-12-3-2-4-15(20)17(12)13-9-16-18(21-10-13)22-19(25-16)24-8-7-23-6-5-14(24)11-23/h2-4,9-10,14H,5-8,11H2,1H3/t14-/m1/s1. The minimum absolute atomic E-state index is 0.247. The molecule has 2 fully saturated rings. The Labute approximate surface area is 145 Å². The third-order valence-corrected chi connectivity index (χ3v) is 5.34. The largest absolute Gasteiger partial charge is 0.422 e. The third-order valence-electron chi connectivity index (χ3n) is 5.34. The monoisotopic (exact) mass is 338 g/mol. The van der Waals surface area contributed by atoms with Crippen LogP contribution in [0.1, 0.15) is 12.0 Å². The van der Waals surface area contributed by atoms with Crippen molar-refractivity contribution in [3.8, 4) is 11.1 Å². The van der Waals surface area contributed by atoms with Crippen molar-refractivity contribution in [3.63, 3.8) is 0 Å². The minimum Gasteiger partial charge on any atom is -0.422 e. The zero-order valence-corrected chi connectivity index (χ0v) is 14.1. The lowest BCUT2D eigenvalue weighted by molar-refractivity contribution is 0.304. The molecule has 0 radical (unpaired) electrons. The second-order valence-electron chi connectivity index (χ2n) is 6.91. The lowest BCUT2D eigenvalue weighted by Gasteiger charge is -2.32. The molecule has 1 unspecified atom stereocenters. The summed E-state index contributed by atoms with van der Waals surface area (Å²) in [6.45, 7) is 6.09. The number of nitrogens with zero attached hydrogens (tertiary/aromatic N) is 4. The summed E-state index contributed by atoms with van der Waals surface area (Å²) in [5.74, 6) is -0.247. The summed E-state index contributed by atoms with van der Waals surface area (Å²) < 4.78 is 20.3. The average molecular weight is 338 g/mol. The normalized spacial score (nSPS) is 22.7. The number of anilines is 1. The number of fused-ring (bicyclic) bond motifs is 3. The Balaban J connectivity index is 1.55. The predicted octanol–water partition coefficient (Wildman–Crippen LogP) is 3.23. The van der Waals surface area contributed by atoms with Crippen LogP contribution in [0.25, 0.3) is 22.4 Å². The maximum atomic E-state index is 14.2. The van der Waals surface area contributed by atoms with E-state index in [9.17, 15) is 4.39 Å². The minimum atomic E-state index is -0.247. The molecule has 2 saturated heterocycles. The molecule has 0 amide bonds. The molecule has 2 aromatic heterocycles. The van der Waals surface area contributed by atoms with Crippen LogP contribution < -0.4 is 4.90 Å². The van der Waals surface area contributed by atoms with Crippen molar-refractivity contribution in [1.29, 1.82) is 0 Å². The van der Waals surface area contributed by atoms with E-state index in [4.69, 9.17) is 4.42 Å². The van der Waals surface area contributed by atoms with E-state index in [1.807, 2.05) is 19.1 Å². The summed E-state index contributed by atoms with van der Waals surface area (Å²) >= 11 is 0. The van der Waals surface area contributed by atoms with Gasteiger partial charge in [-0.25, -0.2) is 9.37 Å². The van der Waals surface area contributed by atoms with Gasteiger partial charge in [0.1, 0.15) is 5.82 Å². The van der Waals surface area contributed by atoms with Gasteiger partial charge >= 0.3 is 0 Å². The Hall–Kier alpha value is -2.47. The lowest BCUT2D eigenvalue weighted by atomic mass is 10.0. The number of benzene rings is 1. The van der Waals surface area contributed by atoms with Gasteiger partial charge in [-0.1, -0.05) is 12.1 Å². The number of hydrogen-bond acceptors (Lipinski definition) is 5. The summed E-state index contributed by atoms with van der Waals surface area (Å²) in [5, 5.41) is 0. The summed E-state index contributed by atoms with van der Waals surface area (Å²) in [7, 11) is 0. The zero-order valence-electron chi connectivity index (χ0n) is 14.1. The Bertz CT molecular complexity index is 933. The molecule has 1 aromatic carbocycles. The maximum Gasteiger partial charge on any atom is 0.300 e. The van der Waals surface area contributed by atoms with E-state index in [1.165, 1.54) is 6.07 Å². The molecule has 0 N–H and O–H groups in total. The summed E-state index contributed by atoms with van der Waals surface area (Å²) in [4.78, 5) is 13.7. The fourth-order valence-electron chi connectivity index (χ4n) is 4.02. The van der Waals surface area contributed by atoms with Gasteiger partial charge in [0.2, 0.25) is 5.65 Å². The second-order valence-corrected chi connectivity index (χ2v) is 6.91. The van der Waals surface area contributed by atoms with Gasteiger partial charge in [0, 0.05) is 49.5 Å². The Morgan fingerprint density at radius 1 is 1.24 bits per heavy atom. The van der Waals surface area contributed by atoms with Crippen LogP contribution in [0, 0.1) is 12.7 Å². The Morgan fingerprint density at radius 2 is 2.16 bits per heavy atom. The molecule has 128 valence electrons. The van der Waals surface area contributed by atoms with Crippen LogP contribution in [-0.4, -0.2) is 47.1 Å². The lowest BCUT2D eigenvalue weighted by Crippen LogP contribution is -2.46. The molecule has 2 atom stereocenters. The molecular formula is C19H19FN4O. The average Bonchev–Trinajstić information content (AvgIpc) is 3.19. The number of piperazine rings is 1. The van der Waals surface area contributed by atoms with E-state index in [1.54, 1.807) is 12.3 Å². The van der Waals surface area contributed by atoms with Crippen LogP contribution in [0.15, 0.2) is 34.9 Å². The molecule has 3 aromatic rings. The first-order chi connectivity index (χ1) is 12.2. The first kappa shape index (κ1) is 14.8. The third kappa shape index (κ3) is 2.40. The van der Waals surface area contributed by atoms with Crippen LogP contribution in [0.3, 0.4) is 0 Å². The topological polar surface area (TPSA) is 45.4 Å². The van der Waals surface area contributed by atoms with Gasteiger partial charge in [0.25, 0.3) is 6.01 Å². The first-order valence-corrected chi connectivity index (χ1v) is 8.70. The van der Waals surface area contributed by atoms with Crippen molar-refractivity contribution >= 4 is 17.2 Å². The summed E-state index contributed by atoms with van der Waals surface area (Å²) in [6.07, 6.45) is 2.82. The van der Waals surface area contributed by atoms with Gasteiger partial charge in [-0.05, 0) is 31.0 Å². The van der Waals surface area contributed by atoms with Gasteiger partial charge in [0.15, 0.2) is 5.58 Å². The molecule has 0 saturated carbocycles. The number of pyridine rings is 1. The van der Waals surface area contributed by atoms with Crippen LogP contribution in [0.5, 0.6) is 0 Å². The highest BCUT2D eigenvalue weighted by Crippen LogP contribution is 2.32. The number of halogens is 1. The zero-order chi connectivity index (χ0) is 17.0. The van der Waals surface area contributed by atoms with E-state index in [0.29, 0.717) is 28.9 Å². The highest BCUT2D eigenvalue weighted by atomic mass is 19.1. The van der Waals surface area contributed by atoms with Crippen molar-refractivity contribution in [3.05, 3.63) is 41.8 Å². The molecule has 4 heterocycles. The van der Waals surface area contributed by atoms with Crippen LogP contribution in [0.4, 0.5) is 10.4 Å². The Kier molecular flexibility index (Phi) is 3.28. The van der Waals surface area contributed by atoms with Crippen molar-refractivity contribution in [2.75, 3.05) is 31.1 Å². The Morgan fingerprint density at radius 3 is 3.04 bits per heavy atom. The first-order valence-electron chi connectivity index (χ1n) is 8.70. The molecule has 6 heteroatoms. The van der Waals surface area contributed by atoms with Crippen molar-refractivity contribution in [2.24, 2.45) is 0 Å². The number of aromatic nitrogens is 2. The van der Waals surface area contributed by atoms with E-state index in [2.05, 4.69) is 19.8 Å². The molecule has 5 rings (SSSR count). The van der Waals surface area contributed by atoms with E-state index in [-0.39, 0.29) is 5.82 Å². The predicted molar refractivity (Wildman–Crippen MR) is 94.1 cm³/mol.